The standard InChI is InChI=1S/C20H24ClN5O/c1-26-13-10-18(11-14-26)25-20(24-16-22)23-12-4-2-3-5-15-27-19-8-6-17(21)7-9-19/h6-11,13-14H,2-5,12,15H2,1H3,(H,23,24). The minimum absolute atomic E-state index is 0.345. The average molecular weight is 386 g/mol. The Hall–Kier alpha value is -2.78. The van der Waals surface area contributed by atoms with Crippen LogP contribution in [0.25, 0.3) is 0 Å². The van der Waals surface area contributed by atoms with Gasteiger partial charge >= 0.3 is 0 Å². The molecule has 0 aliphatic rings. The van der Waals surface area contributed by atoms with Crippen LogP contribution in [0, 0.1) is 11.5 Å². The lowest BCUT2D eigenvalue weighted by atomic mass is 10.2. The fraction of sp³-hybridized carbons (Fsp3) is 0.350. The van der Waals surface area contributed by atoms with Crippen LogP contribution in [0.1, 0.15) is 25.7 Å². The highest BCUT2D eigenvalue weighted by atomic mass is 35.5. The molecule has 1 aromatic heterocycles. The van der Waals surface area contributed by atoms with Gasteiger partial charge in [-0.2, -0.15) is 5.26 Å². The Morgan fingerprint density at radius 3 is 2.52 bits per heavy atom. The highest BCUT2D eigenvalue weighted by molar-refractivity contribution is 6.30. The maximum absolute atomic E-state index is 8.84. The van der Waals surface area contributed by atoms with E-state index in [4.69, 9.17) is 21.6 Å². The fourth-order valence-corrected chi connectivity index (χ4v) is 2.44. The number of benzene rings is 1. The Kier molecular flexibility index (Phi) is 8.94. The van der Waals surface area contributed by atoms with Crippen LogP contribution in [0.5, 0.6) is 5.75 Å². The Bertz CT molecular complexity index is 816. The van der Waals surface area contributed by atoms with Crippen molar-refractivity contribution in [3.05, 3.63) is 59.2 Å². The summed E-state index contributed by atoms with van der Waals surface area (Å²) in [5.74, 6) is 1.18. The van der Waals surface area contributed by atoms with Crippen molar-refractivity contribution in [1.82, 2.24) is 9.88 Å². The van der Waals surface area contributed by atoms with Crippen LogP contribution in [-0.2, 0) is 7.05 Å². The van der Waals surface area contributed by atoms with Crippen molar-refractivity contribution in [3.63, 3.8) is 0 Å². The molecule has 0 radical (unpaired) electrons. The van der Waals surface area contributed by atoms with E-state index in [0.717, 1.165) is 36.8 Å². The molecule has 1 N–H and O–H groups in total. The lowest BCUT2D eigenvalue weighted by Crippen LogP contribution is -2.19. The van der Waals surface area contributed by atoms with E-state index in [1.165, 1.54) is 0 Å². The molecule has 2 aromatic rings. The number of aromatic nitrogens is 1. The van der Waals surface area contributed by atoms with Crippen LogP contribution in [0.15, 0.2) is 58.8 Å². The molecule has 0 spiro atoms. The number of unbranched alkanes of at least 4 members (excludes halogenated alkanes) is 3. The number of rotatable bonds is 8. The van der Waals surface area contributed by atoms with E-state index in [1.807, 2.05) is 66.6 Å². The number of nitrogens with one attached hydrogen (secondary N) is 1. The van der Waals surface area contributed by atoms with Gasteiger partial charge in [0.1, 0.15) is 5.75 Å². The molecule has 0 amide bonds. The molecule has 0 unspecified atom stereocenters. The molecule has 27 heavy (non-hydrogen) atoms. The predicted molar refractivity (Wildman–Crippen MR) is 107 cm³/mol. The van der Waals surface area contributed by atoms with Crippen LogP contribution >= 0.6 is 11.6 Å². The van der Waals surface area contributed by atoms with Gasteiger partial charge in [-0.25, -0.2) is 4.99 Å². The van der Waals surface area contributed by atoms with Crippen molar-refractivity contribution >= 4 is 17.6 Å². The highest BCUT2D eigenvalue weighted by Crippen LogP contribution is 2.15. The monoisotopic (exact) mass is 385 g/mol. The molecule has 1 aromatic carbocycles. The molecular weight excluding hydrogens is 362 g/mol. The Morgan fingerprint density at radius 2 is 1.81 bits per heavy atom. The predicted octanol–water partition coefficient (Wildman–Crippen LogP) is 3.65. The number of halogens is 1. The number of nitriles is 1. The second-order valence-corrected chi connectivity index (χ2v) is 6.43. The van der Waals surface area contributed by atoms with Gasteiger partial charge in [0.2, 0.25) is 5.96 Å². The molecule has 6 nitrogen and oxygen atoms in total. The Labute approximate surface area is 164 Å². The number of hydrogen-bond acceptors (Lipinski definition) is 3. The molecular formula is C20H24ClN5O. The van der Waals surface area contributed by atoms with Gasteiger partial charge in [0.15, 0.2) is 6.19 Å². The van der Waals surface area contributed by atoms with Crippen LogP contribution in [-0.4, -0.2) is 23.7 Å². The molecule has 0 atom stereocenters. The molecule has 0 fully saturated rings. The van der Waals surface area contributed by atoms with Crippen LogP contribution in [0.3, 0.4) is 0 Å². The third kappa shape index (κ3) is 8.43. The first-order chi connectivity index (χ1) is 13.2. The summed E-state index contributed by atoms with van der Waals surface area (Å²) in [7, 11) is 1.94. The van der Waals surface area contributed by atoms with E-state index in [0.29, 0.717) is 24.1 Å². The first-order valence-electron chi connectivity index (χ1n) is 8.92. The van der Waals surface area contributed by atoms with Gasteiger partial charge in [0.05, 0.1) is 12.0 Å². The average Bonchev–Trinajstić information content (AvgIpc) is 2.67. The van der Waals surface area contributed by atoms with Crippen molar-refractivity contribution in [2.75, 3.05) is 13.2 Å². The fourth-order valence-electron chi connectivity index (χ4n) is 2.32. The zero-order valence-corrected chi connectivity index (χ0v) is 16.2. The van der Waals surface area contributed by atoms with Gasteiger partial charge in [-0.05, 0) is 55.7 Å². The third-order valence-electron chi connectivity index (χ3n) is 3.76. The molecule has 1 heterocycles. The van der Waals surface area contributed by atoms with Crippen molar-refractivity contribution in [2.24, 2.45) is 17.0 Å². The molecule has 7 heteroatoms. The van der Waals surface area contributed by atoms with Gasteiger partial charge in [-0.1, -0.05) is 18.0 Å². The van der Waals surface area contributed by atoms with Gasteiger partial charge in [0.25, 0.3) is 0 Å². The van der Waals surface area contributed by atoms with Crippen LogP contribution in [0.2, 0.25) is 5.02 Å². The van der Waals surface area contributed by atoms with Crippen LogP contribution < -0.4 is 15.4 Å². The summed E-state index contributed by atoms with van der Waals surface area (Å²) in [6.45, 7) is 1.32. The SMILES string of the molecule is Cn1ccc(=NC(=NCCCCCCOc2ccc(Cl)cc2)NC#N)cc1. The molecule has 0 aliphatic heterocycles. The first kappa shape index (κ1) is 20.5. The summed E-state index contributed by atoms with van der Waals surface area (Å²) in [4.78, 5) is 8.72. The second-order valence-electron chi connectivity index (χ2n) is 5.99. The van der Waals surface area contributed by atoms with E-state index in [2.05, 4.69) is 15.3 Å². The van der Waals surface area contributed by atoms with E-state index >= 15 is 0 Å². The van der Waals surface area contributed by atoms with E-state index in [9.17, 15) is 0 Å². The molecule has 142 valence electrons. The third-order valence-corrected chi connectivity index (χ3v) is 4.01. The molecule has 2 rings (SSSR count). The number of hydrogen-bond donors (Lipinski definition) is 1. The number of aryl methyl sites for hydroxylation is 1. The van der Waals surface area contributed by atoms with E-state index in [-0.39, 0.29) is 0 Å². The van der Waals surface area contributed by atoms with Gasteiger partial charge in [-0.15, -0.1) is 0 Å². The normalized spacial score (nSPS) is 10.9. The van der Waals surface area contributed by atoms with Crippen molar-refractivity contribution < 1.29 is 4.74 Å². The van der Waals surface area contributed by atoms with Gasteiger partial charge in [-0.3, -0.25) is 10.3 Å². The molecule has 0 saturated carbocycles. The summed E-state index contributed by atoms with van der Waals surface area (Å²) in [6.07, 6.45) is 9.72. The summed E-state index contributed by atoms with van der Waals surface area (Å²) >= 11 is 5.84. The summed E-state index contributed by atoms with van der Waals surface area (Å²) in [5.41, 5.74) is 0. The molecule has 0 bridgehead atoms. The number of aliphatic imine (C=N–C) groups is 1. The zero-order valence-electron chi connectivity index (χ0n) is 15.4. The number of pyridine rings is 1. The largest absolute Gasteiger partial charge is 0.494 e. The van der Waals surface area contributed by atoms with Gasteiger partial charge < -0.3 is 9.30 Å². The second kappa shape index (κ2) is 11.8. The smallest absolute Gasteiger partial charge is 0.231 e. The lowest BCUT2D eigenvalue weighted by molar-refractivity contribution is 0.305. The minimum Gasteiger partial charge on any atom is -0.494 e. The van der Waals surface area contributed by atoms with E-state index < -0.39 is 0 Å². The van der Waals surface area contributed by atoms with Gasteiger partial charge in [0, 0.05) is 31.0 Å². The van der Waals surface area contributed by atoms with E-state index in [1.54, 1.807) is 0 Å². The van der Waals surface area contributed by atoms with Crippen molar-refractivity contribution in [2.45, 2.75) is 25.7 Å². The maximum Gasteiger partial charge on any atom is 0.231 e. The van der Waals surface area contributed by atoms with Crippen molar-refractivity contribution in [1.29, 1.82) is 5.26 Å². The highest BCUT2D eigenvalue weighted by Gasteiger charge is 1.97. The number of guanidine groups is 1. The summed E-state index contributed by atoms with van der Waals surface area (Å²) in [5, 5.41) is 12.8. The zero-order chi connectivity index (χ0) is 19.3. The van der Waals surface area contributed by atoms with Crippen LogP contribution in [0.4, 0.5) is 0 Å². The van der Waals surface area contributed by atoms with Crippen molar-refractivity contribution in [3.8, 4) is 11.9 Å². The number of nitrogens with zero attached hydrogens (tertiary/aromatic N) is 4. The summed E-state index contributed by atoms with van der Waals surface area (Å²) < 4.78 is 7.58. The lowest BCUT2D eigenvalue weighted by Gasteiger charge is -2.05. The minimum atomic E-state index is 0.345. The molecule has 0 saturated heterocycles. The first-order valence-corrected chi connectivity index (χ1v) is 9.30. The molecule has 0 aliphatic carbocycles. The topological polar surface area (TPSA) is 74.7 Å². The maximum atomic E-state index is 8.84. The Morgan fingerprint density at radius 1 is 1.11 bits per heavy atom. The Balaban J connectivity index is 1.67. The summed E-state index contributed by atoms with van der Waals surface area (Å²) in [6, 6.07) is 11.1. The quantitative estimate of drug-likeness (QED) is 0.248. The number of ether oxygens (including phenoxy) is 1.